The molecule has 0 bridgehead atoms. The Morgan fingerprint density at radius 1 is 1.43 bits per heavy atom. The van der Waals surface area contributed by atoms with E-state index in [0.29, 0.717) is 0 Å². The van der Waals surface area contributed by atoms with Gasteiger partial charge in [0.15, 0.2) is 0 Å². The van der Waals surface area contributed by atoms with E-state index >= 15 is 0 Å². The van der Waals surface area contributed by atoms with E-state index in [0.717, 1.165) is 26.1 Å². The molecule has 0 fully saturated rings. The minimum atomic E-state index is -0.272. The molecule has 0 aliphatic heterocycles. The summed E-state index contributed by atoms with van der Waals surface area (Å²) in [7, 11) is 0. The fourth-order valence-electron chi connectivity index (χ4n) is 1.31. The van der Waals surface area contributed by atoms with Crippen LogP contribution in [0.2, 0.25) is 0 Å². The molecule has 0 amide bonds. The Morgan fingerprint density at radius 3 is 2.36 bits per heavy atom. The number of ketones is 1. The van der Waals surface area contributed by atoms with Gasteiger partial charge in [0.2, 0.25) is 0 Å². The van der Waals surface area contributed by atoms with Crippen LogP contribution in [-0.2, 0) is 4.79 Å². The Kier molecular flexibility index (Phi) is 5.96. The van der Waals surface area contributed by atoms with Gasteiger partial charge < -0.3 is 10.0 Å². The molecule has 1 N–H and O–H groups in total. The molecule has 0 unspecified atom stereocenters. The second kappa shape index (κ2) is 6.14. The molecule has 0 saturated carbocycles. The van der Waals surface area contributed by atoms with Gasteiger partial charge in [-0.3, -0.25) is 4.79 Å². The van der Waals surface area contributed by atoms with Crippen LogP contribution in [0.15, 0.2) is 0 Å². The van der Waals surface area contributed by atoms with Crippen molar-refractivity contribution in [2.45, 2.75) is 34.1 Å². The van der Waals surface area contributed by atoms with Gasteiger partial charge in [0.1, 0.15) is 5.78 Å². The first-order valence-electron chi connectivity index (χ1n) is 5.28. The normalized spacial score (nSPS) is 12.1. The van der Waals surface area contributed by atoms with Crippen molar-refractivity contribution in [3.63, 3.8) is 0 Å². The summed E-state index contributed by atoms with van der Waals surface area (Å²) < 4.78 is 0. The number of rotatable bonds is 7. The minimum Gasteiger partial charge on any atom is -0.396 e. The van der Waals surface area contributed by atoms with Gasteiger partial charge in [-0.1, -0.05) is 20.8 Å². The molecule has 0 rings (SSSR count). The summed E-state index contributed by atoms with van der Waals surface area (Å²) in [5.74, 6) is 0.222. The molecule has 0 atom stereocenters. The summed E-state index contributed by atoms with van der Waals surface area (Å²) in [5, 5.41) is 8.72. The first-order valence-corrected chi connectivity index (χ1v) is 5.28. The van der Waals surface area contributed by atoms with E-state index in [-0.39, 0.29) is 17.8 Å². The maximum atomic E-state index is 11.3. The zero-order valence-corrected chi connectivity index (χ0v) is 9.84. The zero-order chi connectivity index (χ0) is 11.2. The van der Waals surface area contributed by atoms with E-state index in [1.807, 2.05) is 13.8 Å². The second-order valence-electron chi connectivity index (χ2n) is 4.39. The van der Waals surface area contributed by atoms with Crippen molar-refractivity contribution in [1.82, 2.24) is 4.90 Å². The standard InChI is InChI=1S/C11H23NO2/c1-5-12(7-6-8-13)9-11(3,4)10(2)14/h13H,5-9H2,1-4H3. The van der Waals surface area contributed by atoms with E-state index in [4.69, 9.17) is 5.11 Å². The third kappa shape index (κ3) is 4.72. The van der Waals surface area contributed by atoms with Crippen molar-refractivity contribution in [2.75, 3.05) is 26.2 Å². The number of aliphatic hydroxyl groups is 1. The molecule has 14 heavy (non-hydrogen) atoms. The highest BCUT2D eigenvalue weighted by atomic mass is 16.3. The quantitative estimate of drug-likeness (QED) is 0.675. The Hall–Kier alpha value is -0.410. The largest absolute Gasteiger partial charge is 0.396 e. The molecule has 0 saturated heterocycles. The molecule has 0 aromatic heterocycles. The Balaban J connectivity index is 4.09. The lowest BCUT2D eigenvalue weighted by Crippen LogP contribution is -2.38. The lowest BCUT2D eigenvalue weighted by molar-refractivity contribution is -0.125. The Morgan fingerprint density at radius 2 is 2.00 bits per heavy atom. The van der Waals surface area contributed by atoms with E-state index in [1.54, 1.807) is 6.92 Å². The van der Waals surface area contributed by atoms with Crippen LogP contribution in [-0.4, -0.2) is 42.0 Å². The monoisotopic (exact) mass is 201 g/mol. The number of hydrogen-bond donors (Lipinski definition) is 1. The third-order valence-corrected chi connectivity index (χ3v) is 2.65. The molecular weight excluding hydrogens is 178 g/mol. The van der Waals surface area contributed by atoms with Crippen LogP contribution in [0.1, 0.15) is 34.1 Å². The lowest BCUT2D eigenvalue weighted by Gasteiger charge is -2.29. The van der Waals surface area contributed by atoms with Crippen molar-refractivity contribution < 1.29 is 9.90 Å². The first kappa shape index (κ1) is 13.6. The minimum absolute atomic E-state index is 0.219. The number of carbonyl (C=O) groups is 1. The van der Waals surface area contributed by atoms with Gasteiger partial charge >= 0.3 is 0 Å². The number of hydrogen-bond acceptors (Lipinski definition) is 3. The average molecular weight is 201 g/mol. The topological polar surface area (TPSA) is 40.5 Å². The molecule has 0 aromatic rings. The molecule has 0 spiro atoms. The summed E-state index contributed by atoms with van der Waals surface area (Å²) in [4.78, 5) is 13.5. The van der Waals surface area contributed by atoms with Gasteiger partial charge in [0, 0.05) is 25.1 Å². The Labute approximate surface area is 87.1 Å². The number of aliphatic hydroxyl groups excluding tert-OH is 1. The highest BCUT2D eigenvalue weighted by molar-refractivity contribution is 5.81. The van der Waals surface area contributed by atoms with E-state index < -0.39 is 0 Å². The first-order chi connectivity index (χ1) is 6.44. The van der Waals surface area contributed by atoms with Gasteiger partial charge in [-0.15, -0.1) is 0 Å². The molecule has 3 nitrogen and oxygen atoms in total. The summed E-state index contributed by atoms with van der Waals surface area (Å²) in [6, 6.07) is 0. The van der Waals surface area contributed by atoms with Crippen LogP contribution in [0.3, 0.4) is 0 Å². The van der Waals surface area contributed by atoms with Crippen LogP contribution in [0.5, 0.6) is 0 Å². The van der Waals surface area contributed by atoms with E-state index in [2.05, 4.69) is 11.8 Å². The molecule has 0 aromatic carbocycles. The second-order valence-corrected chi connectivity index (χ2v) is 4.39. The van der Waals surface area contributed by atoms with Crippen molar-refractivity contribution >= 4 is 5.78 Å². The predicted molar refractivity (Wildman–Crippen MR) is 58.3 cm³/mol. The van der Waals surface area contributed by atoms with Crippen molar-refractivity contribution in [3.05, 3.63) is 0 Å². The molecule has 0 heterocycles. The Bertz CT molecular complexity index is 178. The van der Waals surface area contributed by atoms with Crippen LogP contribution in [0, 0.1) is 5.41 Å². The SMILES string of the molecule is CCN(CCCO)CC(C)(C)C(C)=O. The van der Waals surface area contributed by atoms with Crippen molar-refractivity contribution in [2.24, 2.45) is 5.41 Å². The fourth-order valence-corrected chi connectivity index (χ4v) is 1.31. The highest BCUT2D eigenvalue weighted by Crippen LogP contribution is 2.18. The molecule has 0 aliphatic rings. The maximum absolute atomic E-state index is 11.3. The van der Waals surface area contributed by atoms with Crippen molar-refractivity contribution in [3.8, 4) is 0 Å². The van der Waals surface area contributed by atoms with Gasteiger partial charge in [-0.05, 0) is 19.9 Å². The summed E-state index contributed by atoms with van der Waals surface area (Å²) in [5.41, 5.74) is -0.272. The van der Waals surface area contributed by atoms with Gasteiger partial charge in [0.05, 0.1) is 0 Å². The summed E-state index contributed by atoms with van der Waals surface area (Å²) in [6.45, 7) is 10.4. The molecular formula is C11H23NO2. The smallest absolute Gasteiger partial charge is 0.136 e. The van der Waals surface area contributed by atoms with Crippen molar-refractivity contribution in [1.29, 1.82) is 0 Å². The molecule has 3 heteroatoms. The van der Waals surface area contributed by atoms with Crippen LogP contribution in [0.4, 0.5) is 0 Å². The van der Waals surface area contributed by atoms with Crippen LogP contribution >= 0.6 is 0 Å². The zero-order valence-electron chi connectivity index (χ0n) is 9.84. The number of Topliss-reactive ketones (excluding diaryl/α,β-unsaturated/α-hetero) is 1. The maximum Gasteiger partial charge on any atom is 0.136 e. The van der Waals surface area contributed by atoms with Gasteiger partial charge in [-0.2, -0.15) is 0 Å². The third-order valence-electron chi connectivity index (χ3n) is 2.65. The van der Waals surface area contributed by atoms with Gasteiger partial charge in [-0.25, -0.2) is 0 Å². The van der Waals surface area contributed by atoms with Crippen LogP contribution in [0.25, 0.3) is 0 Å². The van der Waals surface area contributed by atoms with E-state index in [9.17, 15) is 4.79 Å². The lowest BCUT2D eigenvalue weighted by atomic mass is 9.88. The predicted octanol–water partition coefficient (Wildman–Crippen LogP) is 1.31. The highest BCUT2D eigenvalue weighted by Gasteiger charge is 2.25. The summed E-state index contributed by atoms with van der Waals surface area (Å²) >= 11 is 0. The summed E-state index contributed by atoms with van der Waals surface area (Å²) in [6.07, 6.45) is 0.780. The number of nitrogens with zero attached hydrogens (tertiary/aromatic N) is 1. The molecule has 0 radical (unpaired) electrons. The van der Waals surface area contributed by atoms with Crippen LogP contribution < -0.4 is 0 Å². The number of carbonyl (C=O) groups excluding carboxylic acids is 1. The van der Waals surface area contributed by atoms with E-state index in [1.165, 1.54) is 0 Å². The molecule has 0 aliphatic carbocycles. The fraction of sp³-hybridized carbons (Fsp3) is 0.909. The molecule has 84 valence electrons. The van der Waals surface area contributed by atoms with Gasteiger partial charge in [0.25, 0.3) is 0 Å². The average Bonchev–Trinajstić information content (AvgIpc) is 2.11.